The molecule has 1 aliphatic rings. The van der Waals surface area contributed by atoms with Gasteiger partial charge in [0.1, 0.15) is 18.8 Å². The quantitative estimate of drug-likeness (QED) is 0.372. The fourth-order valence-corrected chi connectivity index (χ4v) is 2.61. The summed E-state index contributed by atoms with van der Waals surface area (Å²) in [6, 6.07) is 7.87. The maximum Gasteiger partial charge on any atom is 0.187 e. The van der Waals surface area contributed by atoms with Crippen molar-refractivity contribution in [3.8, 4) is 5.75 Å². The van der Waals surface area contributed by atoms with Crippen LogP contribution in [0, 0.1) is 0 Å². The molecule has 24 heavy (non-hydrogen) atoms. The highest BCUT2D eigenvalue weighted by Gasteiger charge is 2.12. The third-order valence-corrected chi connectivity index (χ3v) is 4.11. The highest BCUT2D eigenvalue weighted by molar-refractivity contribution is 7.80. The molecule has 7 heteroatoms. The van der Waals surface area contributed by atoms with E-state index in [1.807, 2.05) is 38.1 Å². The van der Waals surface area contributed by atoms with Crippen LogP contribution in [0.2, 0.25) is 0 Å². The van der Waals surface area contributed by atoms with Crippen molar-refractivity contribution in [2.45, 2.75) is 13.8 Å². The van der Waals surface area contributed by atoms with Crippen LogP contribution >= 0.6 is 12.2 Å². The Kier molecular flexibility index (Phi) is 7.94. The molecule has 0 spiro atoms. The Labute approximate surface area is 149 Å². The van der Waals surface area contributed by atoms with E-state index >= 15 is 0 Å². The Hall–Kier alpha value is -1.70. The minimum Gasteiger partial charge on any atom is -0.494 e. The topological polar surface area (TPSA) is 59.3 Å². The number of nitrogens with one attached hydrogen (secondary N) is 3. The van der Waals surface area contributed by atoms with Gasteiger partial charge in [0.2, 0.25) is 0 Å². The summed E-state index contributed by atoms with van der Waals surface area (Å²) >= 11 is 5.26. The molecular formula is C17H27N4O2S+. The lowest BCUT2D eigenvalue weighted by atomic mass is 10.1. The van der Waals surface area contributed by atoms with E-state index < -0.39 is 0 Å². The van der Waals surface area contributed by atoms with Crippen LogP contribution in [0.15, 0.2) is 29.4 Å². The van der Waals surface area contributed by atoms with Crippen molar-refractivity contribution in [3.05, 3.63) is 29.8 Å². The SMILES string of the molecule is CCOc1ccc(/C(C)=N\NC(=S)NCC[NH+]2CCOCC2)cc1. The Morgan fingerprint density at radius 2 is 2.00 bits per heavy atom. The zero-order valence-electron chi connectivity index (χ0n) is 14.4. The van der Waals surface area contributed by atoms with Crippen LogP contribution in [-0.4, -0.2) is 56.8 Å². The highest BCUT2D eigenvalue weighted by atomic mass is 32.1. The van der Waals surface area contributed by atoms with E-state index in [-0.39, 0.29) is 0 Å². The number of ether oxygens (including phenoxy) is 2. The number of rotatable bonds is 7. The normalized spacial score (nSPS) is 15.8. The lowest BCUT2D eigenvalue weighted by molar-refractivity contribution is -0.906. The zero-order valence-corrected chi connectivity index (χ0v) is 15.2. The summed E-state index contributed by atoms with van der Waals surface area (Å²) < 4.78 is 10.8. The van der Waals surface area contributed by atoms with Crippen LogP contribution in [0.3, 0.4) is 0 Å². The molecule has 1 fully saturated rings. The summed E-state index contributed by atoms with van der Waals surface area (Å²) in [5.74, 6) is 0.866. The van der Waals surface area contributed by atoms with Crippen molar-refractivity contribution >= 4 is 23.0 Å². The van der Waals surface area contributed by atoms with Crippen LogP contribution < -0.4 is 20.4 Å². The van der Waals surface area contributed by atoms with E-state index in [1.54, 1.807) is 4.90 Å². The minimum absolute atomic E-state index is 0.549. The van der Waals surface area contributed by atoms with Crippen molar-refractivity contribution in [1.82, 2.24) is 10.7 Å². The second-order valence-electron chi connectivity index (χ2n) is 5.63. The maximum atomic E-state index is 5.44. The molecule has 1 aliphatic heterocycles. The average Bonchev–Trinajstić information content (AvgIpc) is 2.61. The molecule has 0 aliphatic carbocycles. The van der Waals surface area contributed by atoms with E-state index in [0.29, 0.717) is 11.7 Å². The molecule has 1 saturated heterocycles. The molecular weight excluding hydrogens is 324 g/mol. The third kappa shape index (κ3) is 6.43. The molecule has 1 heterocycles. The van der Waals surface area contributed by atoms with Gasteiger partial charge in [-0.25, -0.2) is 0 Å². The zero-order chi connectivity index (χ0) is 17.2. The number of quaternary nitrogens is 1. The molecule has 3 N–H and O–H groups in total. The van der Waals surface area contributed by atoms with E-state index in [0.717, 1.165) is 56.4 Å². The molecule has 0 amide bonds. The molecule has 1 aromatic rings. The van der Waals surface area contributed by atoms with Gasteiger partial charge in [0.05, 0.1) is 38.6 Å². The van der Waals surface area contributed by atoms with Gasteiger partial charge in [-0.1, -0.05) is 0 Å². The van der Waals surface area contributed by atoms with Gasteiger partial charge in [-0.2, -0.15) is 5.10 Å². The molecule has 0 unspecified atom stereocenters. The molecule has 0 saturated carbocycles. The number of thiocarbonyl (C=S) groups is 1. The van der Waals surface area contributed by atoms with Gasteiger partial charge >= 0.3 is 0 Å². The van der Waals surface area contributed by atoms with Crippen LogP contribution in [-0.2, 0) is 4.74 Å². The Balaban J connectivity index is 1.71. The third-order valence-electron chi connectivity index (χ3n) is 3.87. The first-order valence-corrected chi connectivity index (χ1v) is 8.82. The van der Waals surface area contributed by atoms with Crippen molar-refractivity contribution < 1.29 is 14.4 Å². The molecule has 0 atom stereocenters. The van der Waals surface area contributed by atoms with E-state index in [9.17, 15) is 0 Å². The van der Waals surface area contributed by atoms with Crippen LogP contribution in [0.25, 0.3) is 0 Å². The fourth-order valence-electron chi connectivity index (χ4n) is 2.46. The van der Waals surface area contributed by atoms with Crippen LogP contribution in [0.1, 0.15) is 19.4 Å². The second-order valence-corrected chi connectivity index (χ2v) is 6.04. The van der Waals surface area contributed by atoms with Gasteiger partial charge in [0, 0.05) is 0 Å². The van der Waals surface area contributed by atoms with Gasteiger partial charge in [-0.3, -0.25) is 5.43 Å². The van der Waals surface area contributed by atoms with Gasteiger partial charge in [-0.05, 0) is 55.9 Å². The molecule has 0 bridgehead atoms. The van der Waals surface area contributed by atoms with Gasteiger partial charge in [0.25, 0.3) is 0 Å². The predicted molar refractivity (Wildman–Crippen MR) is 99.9 cm³/mol. The number of benzene rings is 1. The monoisotopic (exact) mass is 351 g/mol. The second kappa shape index (κ2) is 10.2. The van der Waals surface area contributed by atoms with E-state index in [4.69, 9.17) is 21.7 Å². The fraction of sp³-hybridized carbons (Fsp3) is 0.529. The highest BCUT2D eigenvalue weighted by Crippen LogP contribution is 2.12. The maximum absolute atomic E-state index is 5.44. The van der Waals surface area contributed by atoms with Crippen LogP contribution in [0.5, 0.6) is 5.75 Å². The largest absolute Gasteiger partial charge is 0.494 e. The summed E-state index contributed by atoms with van der Waals surface area (Å²) in [6.45, 7) is 10.3. The Morgan fingerprint density at radius 1 is 1.29 bits per heavy atom. The summed E-state index contributed by atoms with van der Waals surface area (Å²) in [5.41, 5.74) is 4.81. The van der Waals surface area contributed by atoms with Gasteiger partial charge < -0.3 is 19.7 Å². The Bertz CT molecular complexity index is 542. The first-order chi connectivity index (χ1) is 11.7. The molecule has 2 rings (SSSR count). The van der Waals surface area contributed by atoms with Crippen molar-refractivity contribution in [3.63, 3.8) is 0 Å². The molecule has 6 nitrogen and oxygen atoms in total. The van der Waals surface area contributed by atoms with E-state index in [2.05, 4.69) is 15.8 Å². The molecule has 1 aromatic carbocycles. The summed E-state index contributed by atoms with van der Waals surface area (Å²) in [6.07, 6.45) is 0. The minimum atomic E-state index is 0.549. The number of hydrogen-bond donors (Lipinski definition) is 3. The van der Waals surface area contributed by atoms with Gasteiger partial charge in [0.15, 0.2) is 5.11 Å². The van der Waals surface area contributed by atoms with Crippen molar-refractivity contribution in [2.75, 3.05) is 46.0 Å². The lowest BCUT2D eigenvalue weighted by Gasteiger charge is -2.23. The number of nitrogens with zero attached hydrogens (tertiary/aromatic N) is 1. The predicted octanol–water partition coefficient (Wildman–Crippen LogP) is 0.189. The molecule has 132 valence electrons. The smallest absolute Gasteiger partial charge is 0.187 e. The number of morpholine rings is 1. The van der Waals surface area contributed by atoms with Crippen molar-refractivity contribution in [1.29, 1.82) is 0 Å². The van der Waals surface area contributed by atoms with Crippen molar-refractivity contribution in [2.24, 2.45) is 5.10 Å². The Morgan fingerprint density at radius 3 is 2.67 bits per heavy atom. The first-order valence-electron chi connectivity index (χ1n) is 8.41. The van der Waals surface area contributed by atoms with E-state index in [1.165, 1.54) is 0 Å². The number of hydrazone groups is 1. The van der Waals surface area contributed by atoms with Crippen LogP contribution in [0.4, 0.5) is 0 Å². The summed E-state index contributed by atoms with van der Waals surface area (Å²) in [4.78, 5) is 1.55. The summed E-state index contributed by atoms with van der Waals surface area (Å²) in [7, 11) is 0. The number of hydrogen-bond acceptors (Lipinski definition) is 4. The first kappa shape index (κ1) is 18.6. The summed E-state index contributed by atoms with van der Waals surface area (Å²) in [5, 5.41) is 8.07. The van der Waals surface area contributed by atoms with Gasteiger partial charge in [-0.15, -0.1) is 0 Å². The standard InChI is InChI=1S/C17H26N4O2S/c1-3-23-16-6-4-15(5-7-16)14(2)19-20-17(24)18-8-9-21-10-12-22-13-11-21/h4-7H,3,8-13H2,1-2H3,(H2,18,20,24)/p+1/b19-14-. The lowest BCUT2D eigenvalue weighted by Crippen LogP contribution is -3.14. The molecule has 0 radical (unpaired) electrons. The molecule has 0 aromatic heterocycles. The average molecular weight is 351 g/mol.